The van der Waals surface area contributed by atoms with Crippen molar-refractivity contribution in [1.29, 1.82) is 0 Å². The average Bonchev–Trinajstić information content (AvgIpc) is 3.33. The molecule has 178 valence electrons. The number of carbonyl (C=O) groups excluding carboxylic acids is 2. The van der Waals surface area contributed by atoms with Crippen molar-refractivity contribution >= 4 is 29.0 Å². The van der Waals surface area contributed by atoms with Crippen LogP contribution in [0.1, 0.15) is 44.9 Å². The maximum Gasteiger partial charge on any atom is 0.272 e. The molecule has 1 amide bonds. The molecule has 1 saturated heterocycles. The number of aromatic nitrogens is 2. The predicted molar refractivity (Wildman–Crippen MR) is 128 cm³/mol. The molecule has 0 spiro atoms. The van der Waals surface area contributed by atoms with Crippen LogP contribution in [0.2, 0.25) is 5.02 Å². The molecular weight excluding hydrogens is 459 g/mol. The summed E-state index contributed by atoms with van der Waals surface area (Å²) in [6.07, 6.45) is 6.22. The topological polar surface area (TPSA) is 87.3 Å². The lowest BCUT2D eigenvalue weighted by molar-refractivity contribution is 0.102. The number of hydrogen-bond acceptors (Lipinski definition) is 5. The summed E-state index contributed by atoms with van der Waals surface area (Å²) in [5.74, 6) is -1.41. The van der Waals surface area contributed by atoms with Crippen LogP contribution in [0.4, 0.5) is 10.1 Å². The summed E-state index contributed by atoms with van der Waals surface area (Å²) in [7, 11) is 3.44. The molecule has 1 aliphatic rings. The SMILES string of the molecule is COc1ccc(Cl)c(C(=O)c2c[nH]c(C(=O)Nc3ccc(CC4CCN(C)CC4)nc3)c2)c1F. The van der Waals surface area contributed by atoms with Gasteiger partial charge in [-0.1, -0.05) is 11.6 Å². The van der Waals surface area contributed by atoms with Crippen molar-refractivity contribution in [3.63, 3.8) is 0 Å². The molecule has 3 heterocycles. The minimum absolute atomic E-state index is 0.0399. The van der Waals surface area contributed by atoms with E-state index in [4.69, 9.17) is 16.3 Å². The van der Waals surface area contributed by atoms with Gasteiger partial charge >= 0.3 is 0 Å². The first-order chi connectivity index (χ1) is 16.4. The zero-order chi connectivity index (χ0) is 24.2. The van der Waals surface area contributed by atoms with Gasteiger partial charge in [-0.25, -0.2) is 4.39 Å². The Morgan fingerprint density at radius 3 is 2.71 bits per heavy atom. The fraction of sp³-hybridized carbons (Fsp3) is 0.320. The lowest BCUT2D eigenvalue weighted by atomic mass is 9.92. The number of ether oxygens (including phenoxy) is 1. The molecule has 4 rings (SSSR count). The molecule has 7 nitrogen and oxygen atoms in total. The summed E-state index contributed by atoms with van der Waals surface area (Å²) < 4.78 is 19.5. The molecule has 0 bridgehead atoms. The number of pyridine rings is 1. The van der Waals surface area contributed by atoms with Gasteiger partial charge in [-0.3, -0.25) is 14.6 Å². The fourth-order valence-corrected chi connectivity index (χ4v) is 4.31. The molecule has 3 aromatic rings. The molecule has 2 N–H and O–H groups in total. The van der Waals surface area contributed by atoms with Gasteiger partial charge in [0.05, 0.1) is 29.6 Å². The van der Waals surface area contributed by atoms with E-state index in [9.17, 15) is 14.0 Å². The van der Waals surface area contributed by atoms with E-state index in [0.29, 0.717) is 11.6 Å². The smallest absolute Gasteiger partial charge is 0.272 e. The van der Waals surface area contributed by atoms with E-state index in [1.165, 1.54) is 31.5 Å². The largest absolute Gasteiger partial charge is 0.494 e. The summed E-state index contributed by atoms with van der Waals surface area (Å²) in [5.41, 5.74) is 1.49. The monoisotopic (exact) mass is 484 g/mol. The van der Waals surface area contributed by atoms with E-state index in [0.717, 1.165) is 38.0 Å². The van der Waals surface area contributed by atoms with Crippen LogP contribution in [0.15, 0.2) is 42.7 Å². The van der Waals surface area contributed by atoms with Crippen LogP contribution in [0, 0.1) is 11.7 Å². The average molecular weight is 485 g/mol. The van der Waals surface area contributed by atoms with E-state index in [-0.39, 0.29) is 27.6 Å². The molecule has 0 atom stereocenters. The second-order valence-electron chi connectivity index (χ2n) is 8.51. The lowest BCUT2D eigenvalue weighted by Crippen LogP contribution is -2.31. The van der Waals surface area contributed by atoms with Crippen LogP contribution in [0.3, 0.4) is 0 Å². The Kier molecular flexibility index (Phi) is 7.29. The van der Waals surface area contributed by atoms with E-state index < -0.39 is 17.5 Å². The second-order valence-corrected chi connectivity index (χ2v) is 8.92. The van der Waals surface area contributed by atoms with Gasteiger partial charge < -0.3 is 19.9 Å². The highest BCUT2D eigenvalue weighted by Gasteiger charge is 2.23. The minimum Gasteiger partial charge on any atom is -0.494 e. The van der Waals surface area contributed by atoms with Gasteiger partial charge in [0.2, 0.25) is 0 Å². The molecule has 1 fully saturated rings. The number of halogens is 2. The standard InChI is InChI=1S/C25H26ClFN4O3/c1-31-9-7-15(8-10-31)11-17-3-4-18(14-28-17)30-25(33)20-12-16(13-29-20)24(32)22-19(26)5-6-21(34-2)23(22)27/h3-6,12-15,29H,7-11H2,1-2H3,(H,30,33). The highest BCUT2D eigenvalue weighted by molar-refractivity contribution is 6.35. The van der Waals surface area contributed by atoms with Crippen molar-refractivity contribution in [3.05, 3.63) is 76.1 Å². The van der Waals surface area contributed by atoms with Gasteiger partial charge in [0.1, 0.15) is 5.69 Å². The Morgan fingerprint density at radius 1 is 1.26 bits per heavy atom. The quantitative estimate of drug-likeness (QED) is 0.479. The van der Waals surface area contributed by atoms with Gasteiger partial charge in [-0.05, 0) is 75.6 Å². The van der Waals surface area contributed by atoms with Crippen molar-refractivity contribution < 1.29 is 18.7 Å². The van der Waals surface area contributed by atoms with Crippen molar-refractivity contribution in [1.82, 2.24) is 14.9 Å². The van der Waals surface area contributed by atoms with Crippen molar-refractivity contribution in [3.8, 4) is 5.75 Å². The normalized spacial score (nSPS) is 14.7. The number of anilines is 1. The molecule has 0 radical (unpaired) electrons. The third-order valence-electron chi connectivity index (χ3n) is 6.11. The Morgan fingerprint density at radius 2 is 2.03 bits per heavy atom. The summed E-state index contributed by atoms with van der Waals surface area (Å²) in [5, 5.41) is 2.72. The number of piperidine rings is 1. The summed E-state index contributed by atoms with van der Waals surface area (Å²) in [6.45, 7) is 2.21. The minimum atomic E-state index is -0.849. The number of likely N-dealkylation sites (tertiary alicyclic amines) is 1. The Balaban J connectivity index is 1.40. The summed E-state index contributed by atoms with van der Waals surface area (Å²) >= 11 is 6.05. The van der Waals surface area contributed by atoms with Crippen molar-refractivity contribution in [2.24, 2.45) is 5.92 Å². The van der Waals surface area contributed by atoms with Gasteiger partial charge in [-0.15, -0.1) is 0 Å². The van der Waals surface area contributed by atoms with Gasteiger partial charge in [0, 0.05) is 17.5 Å². The number of methoxy groups -OCH3 is 1. The summed E-state index contributed by atoms with van der Waals surface area (Å²) in [6, 6.07) is 7.83. The number of carbonyl (C=O) groups is 2. The number of amides is 1. The number of hydrogen-bond donors (Lipinski definition) is 2. The maximum atomic E-state index is 14.6. The maximum absolute atomic E-state index is 14.6. The third kappa shape index (κ3) is 5.29. The first kappa shape index (κ1) is 23.9. The Hall–Kier alpha value is -3.23. The molecule has 1 aromatic carbocycles. The number of nitrogens with zero attached hydrogens (tertiary/aromatic N) is 2. The first-order valence-corrected chi connectivity index (χ1v) is 11.4. The number of ketones is 1. The second kappa shape index (κ2) is 10.4. The number of aromatic amines is 1. The van der Waals surface area contributed by atoms with Crippen LogP contribution < -0.4 is 10.1 Å². The predicted octanol–water partition coefficient (Wildman–Crippen LogP) is 4.58. The number of benzene rings is 1. The fourth-order valence-electron chi connectivity index (χ4n) is 4.08. The van der Waals surface area contributed by atoms with Crippen LogP contribution in [-0.2, 0) is 6.42 Å². The third-order valence-corrected chi connectivity index (χ3v) is 6.43. The van der Waals surface area contributed by atoms with Crippen LogP contribution in [-0.4, -0.2) is 53.8 Å². The first-order valence-electron chi connectivity index (χ1n) is 11.1. The number of nitrogens with one attached hydrogen (secondary N) is 2. The highest BCUT2D eigenvalue weighted by Crippen LogP contribution is 2.29. The van der Waals surface area contributed by atoms with E-state index >= 15 is 0 Å². The van der Waals surface area contributed by atoms with Crippen LogP contribution in [0.5, 0.6) is 5.75 Å². The number of rotatable bonds is 7. The zero-order valence-corrected chi connectivity index (χ0v) is 19.8. The van der Waals surface area contributed by atoms with Crippen molar-refractivity contribution in [2.45, 2.75) is 19.3 Å². The van der Waals surface area contributed by atoms with E-state index in [2.05, 4.69) is 27.2 Å². The van der Waals surface area contributed by atoms with Crippen molar-refractivity contribution in [2.75, 3.05) is 32.6 Å². The molecular formula is C25H26ClFN4O3. The summed E-state index contributed by atoms with van der Waals surface area (Å²) in [4.78, 5) is 35.1. The Labute approximate surface area is 202 Å². The Bertz CT molecular complexity index is 1190. The number of H-pyrrole nitrogens is 1. The van der Waals surface area contributed by atoms with Gasteiger partial charge in [-0.2, -0.15) is 0 Å². The molecule has 2 aromatic heterocycles. The zero-order valence-electron chi connectivity index (χ0n) is 19.0. The molecule has 0 saturated carbocycles. The molecule has 9 heteroatoms. The molecule has 0 aliphatic carbocycles. The highest BCUT2D eigenvalue weighted by atomic mass is 35.5. The van der Waals surface area contributed by atoms with Gasteiger partial charge in [0.15, 0.2) is 17.3 Å². The van der Waals surface area contributed by atoms with E-state index in [1.54, 1.807) is 6.20 Å². The molecule has 34 heavy (non-hydrogen) atoms. The lowest BCUT2D eigenvalue weighted by Gasteiger charge is -2.28. The molecule has 0 unspecified atom stereocenters. The van der Waals surface area contributed by atoms with Gasteiger partial charge in [0.25, 0.3) is 5.91 Å². The van der Waals surface area contributed by atoms with E-state index in [1.807, 2.05) is 12.1 Å². The van der Waals surface area contributed by atoms with Crippen LogP contribution in [0.25, 0.3) is 0 Å². The van der Waals surface area contributed by atoms with Crippen LogP contribution >= 0.6 is 11.6 Å². The molecule has 1 aliphatic heterocycles.